The van der Waals surface area contributed by atoms with Crippen LogP contribution in [-0.4, -0.2) is 13.2 Å². The first kappa shape index (κ1) is 22.8. The van der Waals surface area contributed by atoms with Gasteiger partial charge in [0.05, 0.1) is 0 Å². The summed E-state index contributed by atoms with van der Waals surface area (Å²) in [6, 6.07) is 7.52. The van der Waals surface area contributed by atoms with Crippen LogP contribution in [0.2, 0.25) is 0 Å². The summed E-state index contributed by atoms with van der Waals surface area (Å²) < 4.78 is 61.1. The monoisotopic (exact) mass is 410 g/mol. The quantitative estimate of drug-likeness (QED) is 0.438. The standard InChI is InChI=1S/C23H26F4O2/c1-14(2)15-10-17-18(19(11-15)28-8-6-21(24)25)12-16(23(3,4)5)13-20(17)29-9-7-22(26)27/h6-7,10-14H,8-9H2,1-5H3. The minimum absolute atomic E-state index is 0.147. The lowest BCUT2D eigenvalue weighted by molar-refractivity contribution is 0.343. The summed E-state index contributed by atoms with van der Waals surface area (Å²) in [6.45, 7) is 9.50. The lowest BCUT2D eigenvalue weighted by atomic mass is 9.85. The van der Waals surface area contributed by atoms with Crippen molar-refractivity contribution >= 4 is 10.8 Å². The Hall–Kier alpha value is -2.50. The van der Waals surface area contributed by atoms with Crippen LogP contribution in [0.3, 0.4) is 0 Å². The molecule has 2 aromatic rings. The molecule has 0 aromatic heterocycles. The van der Waals surface area contributed by atoms with E-state index in [0.29, 0.717) is 34.4 Å². The average Bonchev–Trinajstić information content (AvgIpc) is 2.59. The third kappa shape index (κ3) is 6.24. The number of halogens is 4. The maximum absolute atomic E-state index is 12.5. The second-order valence-corrected chi connectivity index (χ2v) is 8.10. The molecule has 0 atom stereocenters. The van der Waals surface area contributed by atoms with Crippen molar-refractivity contribution in [1.82, 2.24) is 0 Å². The van der Waals surface area contributed by atoms with Gasteiger partial charge in [-0.2, -0.15) is 17.6 Å². The molecule has 0 heterocycles. The van der Waals surface area contributed by atoms with Gasteiger partial charge >= 0.3 is 0 Å². The van der Waals surface area contributed by atoms with Gasteiger partial charge < -0.3 is 9.47 Å². The molecule has 2 rings (SSSR count). The Bertz CT molecular complexity index is 917. The van der Waals surface area contributed by atoms with E-state index in [1.165, 1.54) is 0 Å². The summed E-state index contributed by atoms with van der Waals surface area (Å²) in [5, 5.41) is 1.38. The maximum Gasteiger partial charge on any atom is 0.269 e. The van der Waals surface area contributed by atoms with Gasteiger partial charge in [0.1, 0.15) is 24.7 Å². The third-order valence-electron chi connectivity index (χ3n) is 4.50. The van der Waals surface area contributed by atoms with E-state index in [-0.39, 0.29) is 24.5 Å². The first-order valence-electron chi connectivity index (χ1n) is 9.39. The van der Waals surface area contributed by atoms with Gasteiger partial charge in [0, 0.05) is 22.9 Å². The van der Waals surface area contributed by atoms with E-state index < -0.39 is 12.2 Å². The summed E-state index contributed by atoms with van der Waals surface area (Å²) in [4.78, 5) is 0. The fourth-order valence-electron chi connectivity index (χ4n) is 2.81. The van der Waals surface area contributed by atoms with Gasteiger partial charge in [0.15, 0.2) is 0 Å². The largest absolute Gasteiger partial charge is 0.489 e. The predicted molar refractivity (Wildman–Crippen MR) is 108 cm³/mol. The van der Waals surface area contributed by atoms with E-state index in [9.17, 15) is 17.6 Å². The van der Waals surface area contributed by atoms with Crippen molar-refractivity contribution in [2.45, 2.75) is 46.0 Å². The Kier molecular flexibility index (Phi) is 7.33. The Morgan fingerprint density at radius 3 is 1.76 bits per heavy atom. The van der Waals surface area contributed by atoms with Crippen LogP contribution < -0.4 is 9.47 Å². The Labute approximate surface area is 168 Å². The first-order valence-corrected chi connectivity index (χ1v) is 9.39. The lowest BCUT2D eigenvalue weighted by Crippen LogP contribution is -2.12. The van der Waals surface area contributed by atoms with Crippen LogP contribution in [0.5, 0.6) is 11.5 Å². The Morgan fingerprint density at radius 1 is 0.828 bits per heavy atom. The Morgan fingerprint density at radius 2 is 1.31 bits per heavy atom. The molecule has 0 radical (unpaired) electrons. The maximum atomic E-state index is 12.5. The SMILES string of the molecule is CC(C)c1cc(OCC=C(F)F)c2cc(C(C)(C)C)cc(OCC=C(F)F)c2c1. The molecule has 2 nitrogen and oxygen atoms in total. The summed E-state index contributed by atoms with van der Waals surface area (Å²) in [6.07, 6.45) is -2.22. The van der Waals surface area contributed by atoms with Gasteiger partial charge in [-0.25, -0.2) is 0 Å². The van der Waals surface area contributed by atoms with Gasteiger partial charge in [-0.1, -0.05) is 34.6 Å². The highest BCUT2D eigenvalue weighted by Gasteiger charge is 2.20. The zero-order valence-corrected chi connectivity index (χ0v) is 17.3. The molecule has 0 N–H and O–H groups in total. The number of ether oxygens (including phenoxy) is 2. The van der Waals surface area contributed by atoms with Crippen molar-refractivity contribution in [1.29, 1.82) is 0 Å². The molecule has 29 heavy (non-hydrogen) atoms. The van der Waals surface area contributed by atoms with E-state index in [4.69, 9.17) is 9.47 Å². The second kappa shape index (κ2) is 9.33. The molecule has 0 aliphatic heterocycles. The van der Waals surface area contributed by atoms with Crippen LogP contribution in [0.1, 0.15) is 51.7 Å². The van der Waals surface area contributed by atoms with Crippen molar-refractivity contribution in [2.24, 2.45) is 0 Å². The van der Waals surface area contributed by atoms with Crippen molar-refractivity contribution < 1.29 is 27.0 Å². The van der Waals surface area contributed by atoms with Gasteiger partial charge in [-0.15, -0.1) is 0 Å². The molecule has 0 fully saturated rings. The molecule has 0 saturated heterocycles. The van der Waals surface area contributed by atoms with Crippen molar-refractivity contribution in [3.05, 3.63) is 59.7 Å². The van der Waals surface area contributed by atoms with Gasteiger partial charge in [-0.05, 0) is 46.7 Å². The van der Waals surface area contributed by atoms with Crippen LogP contribution in [0, 0.1) is 0 Å². The predicted octanol–water partition coefficient (Wildman–Crippen LogP) is 7.58. The van der Waals surface area contributed by atoms with Crippen molar-refractivity contribution in [3.63, 3.8) is 0 Å². The van der Waals surface area contributed by atoms with Gasteiger partial charge in [-0.3, -0.25) is 0 Å². The highest BCUT2D eigenvalue weighted by Crippen LogP contribution is 2.40. The molecule has 6 heteroatoms. The van der Waals surface area contributed by atoms with Crippen LogP contribution in [0.15, 0.2) is 48.6 Å². The van der Waals surface area contributed by atoms with Crippen LogP contribution >= 0.6 is 0 Å². The van der Waals surface area contributed by atoms with Crippen LogP contribution in [-0.2, 0) is 5.41 Å². The highest BCUT2D eigenvalue weighted by molar-refractivity contribution is 5.95. The minimum Gasteiger partial charge on any atom is -0.489 e. The number of hydrogen-bond donors (Lipinski definition) is 0. The molecule has 0 aliphatic carbocycles. The molecular weight excluding hydrogens is 384 g/mol. The molecule has 0 spiro atoms. The number of benzene rings is 2. The van der Waals surface area contributed by atoms with Crippen molar-refractivity contribution in [3.8, 4) is 11.5 Å². The topological polar surface area (TPSA) is 18.5 Å². The molecule has 0 unspecified atom stereocenters. The smallest absolute Gasteiger partial charge is 0.269 e. The summed E-state index contributed by atoms with van der Waals surface area (Å²) in [7, 11) is 0. The lowest BCUT2D eigenvalue weighted by Gasteiger charge is -2.23. The summed E-state index contributed by atoms with van der Waals surface area (Å²) in [5.74, 6) is 1.05. The molecular formula is C23H26F4O2. The fourth-order valence-corrected chi connectivity index (χ4v) is 2.81. The molecule has 0 saturated carbocycles. The zero-order chi connectivity index (χ0) is 21.8. The van der Waals surface area contributed by atoms with E-state index in [2.05, 4.69) is 0 Å². The van der Waals surface area contributed by atoms with Crippen LogP contribution in [0.4, 0.5) is 17.6 Å². The second-order valence-electron chi connectivity index (χ2n) is 8.10. The van der Waals surface area contributed by atoms with Crippen LogP contribution in [0.25, 0.3) is 10.8 Å². The van der Waals surface area contributed by atoms with E-state index >= 15 is 0 Å². The number of fused-ring (bicyclic) bond motifs is 1. The average molecular weight is 410 g/mol. The first-order chi connectivity index (χ1) is 13.5. The fraction of sp³-hybridized carbons (Fsp3) is 0.391. The molecule has 158 valence electrons. The molecule has 0 amide bonds. The zero-order valence-electron chi connectivity index (χ0n) is 17.3. The number of hydrogen-bond acceptors (Lipinski definition) is 2. The normalized spacial score (nSPS) is 11.5. The minimum atomic E-state index is -1.81. The molecule has 0 bridgehead atoms. The number of rotatable bonds is 7. The van der Waals surface area contributed by atoms with Gasteiger partial charge in [0.25, 0.3) is 12.2 Å². The molecule has 2 aromatic carbocycles. The van der Waals surface area contributed by atoms with E-state index in [0.717, 1.165) is 11.1 Å². The summed E-state index contributed by atoms with van der Waals surface area (Å²) in [5.41, 5.74) is 1.60. The Balaban J connectivity index is 2.69. The van der Waals surface area contributed by atoms with Gasteiger partial charge in [0.2, 0.25) is 0 Å². The highest BCUT2D eigenvalue weighted by atomic mass is 19.3. The van der Waals surface area contributed by atoms with E-state index in [1.54, 1.807) is 0 Å². The summed E-state index contributed by atoms with van der Waals surface area (Å²) >= 11 is 0. The third-order valence-corrected chi connectivity index (χ3v) is 4.50. The van der Waals surface area contributed by atoms with Crippen molar-refractivity contribution in [2.75, 3.05) is 13.2 Å². The van der Waals surface area contributed by atoms with E-state index in [1.807, 2.05) is 58.9 Å². The molecule has 0 aliphatic rings.